The molecule has 0 atom stereocenters. The third kappa shape index (κ3) is 4.41. The third-order valence-corrected chi connectivity index (χ3v) is 3.13. The first-order valence-corrected chi connectivity index (χ1v) is 7.09. The van der Waals surface area contributed by atoms with Crippen LogP contribution in [-0.2, 0) is 4.79 Å². The van der Waals surface area contributed by atoms with Crippen molar-refractivity contribution in [1.29, 1.82) is 0 Å². The summed E-state index contributed by atoms with van der Waals surface area (Å²) in [6.07, 6.45) is 2.80. The van der Waals surface area contributed by atoms with Crippen LogP contribution >= 0.6 is 11.8 Å². The Hall–Kier alpha value is -1.49. The van der Waals surface area contributed by atoms with Gasteiger partial charge in [0.1, 0.15) is 0 Å². The number of thioether (sulfide) groups is 1. The molecule has 1 rings (SSSR count). The smallest absolute Gasteiger partial charge is 0.252 e. The second-order valence-electron chi connectivity index (χ2n) is 3.73. The zero-order chi connectivity index (χ0) is 13.4. The molecule has 2 amide bonds. The van der Waals surface area contributed by atoms with Crippen LogP contribution in [0.25, 0.3) is 0 Å². The predicted octanol–water partition coefficient (Wildman–Crippen LogP) is 1.66. The minimum atomic E-state index is -0.216. The number of amides is 2. The Morgan fingerprint density at radius 2 is 1.94 bits per heavy atom. The van der Waals surface area contributed by atoms with Gasteiger partial charge in [0, 0.05) is 11.4 Å². The van der Waals surface area contributed by atoms with Crippen LogP contribution in [0.3, 0.4) is 0 Å². The number of hydrogen-bond donors (Lipinski definition) is 2. The Labute approximate surface area is 112 Å². The summed E-state index contributed by atoms with van der Waals surface area (Å²) in [4.78, 5) is 24.2. The number of benzene rings is 1. The average Bonchev–Trinajstić information content (AvgIpc) is 2.42. The van der Waals surface area contributed by atoms with Gasteiger partial charge in [-0.3, -0.25) is 9.59 Å². The summed E-state index contributed by atoms with van der Waals surface area (Å²) in [7, 11) is 0. The molecule has 0 unspecified atom stereocenters. The molecule has 0 saturated heterocycles. The molecule has 0 radical (unpaired) electrons. The average molecular weight is 266 g/mol. The molecule has 98 valence electrons. The maximum absolute atomic E-state index is 11.9. The maximum Gasteiger partial charge on any atom is 0.252 e. The first kappa shape index (κ1) is 14.6. The standard InChI is InChI=1S/C13H18N2O2S/c1-3-8-14-12(16)9-15-13(17)10-6-4-5-7-11(10)18-2/h4-7H,3,8-9H2,1-2H3,(H,14,16)(H,15,17). The van der Waals surface area contributed by atoms with Gasteiger partial charge in [-0.15, -0.1) is 11.8 Å². The molecule has 0 aliphatic heterocycles. The molecular weight excluding hydrogens is 248 g/mol. The van der Waals surface area contributed by atoms with Crippen LogP contribution in [0, 0.1) is 0 Å². The SMILES string of the molecule is CCCNC(=O)CNC(=O)c1ccccc1SC. The molecule has 0 aliphatic rings. The van der Waals surface area contributed by atoms with Gasteiger partial charge in [-0.1, -0.05) is 19.1 Å². The first-order valence-electron chi connectivity index (χ1n) is 5.87. The van der Waals surface area contributed by atoms with E-state index in [1.165, 1.54) is 11.8 Å². The minimum absolute atomic E-state index is 0.0154. The number of rotatable bonds is 6. The van der Waals surface area contributed by atoms with Gasteiger partial charge in [-0.05, 0) is 24.8 Å². The van der Waals surface area contributed by atoms with Crippen molar-refractivity contribution in [2.75, 3.05) is 19.3 Å². The van der Waals surface area contributed by atoms with E-state index in [0.717, 1.165) is 11.3 Å². The number of carbonyl (C=O) groups is 2. The lowest BCUT2D eigenvalue weighted by molar-refractivity contribution is -0.120. The van der Waals surface area contributed by atoms with E-state index in [1.807, 2.05) is 31.4 Å². The van der Waals surface area contributed by atoms with Gasteiger partial charge < -0.3 is 10.6 Å². The highest BCUT2D eigenvalue weighted by atomic mass is 32.2. The van der Waals surface area contributed by atoms with E-state index in [4.69, 9.17) is 0 Å². The molecule has 0 heterocycles. The highest BCUT2D eigenvalue weighted by Gasteiger charge is 2.11. The predicted molar refractivity (Wildman–Crippen MR) is 73.9 cm³/mol. The van der Waals surface area contributed by atoms with Crippen molar-refractivity contribution in [3.63, 3.8) is 0 Å². The van der Waals surface area contributed by atoms with E-state index >= 15 is 0 Å². The van der Waals surface area contributed by atoms with Gasteiger partial charge in [0.2, 0.25) is 5.91 Å². The molecule has 4 nitrogen and oxygen atoms in total. The molecule has 1 aromatic carbocycles. The summed E-state index contributed by atoms with van der Waals surface area (Å²) in [6.45, 7) is 2.63. The largest absolute Gasteiger partial charge is 0.355 e. The molecule has 1 aromatic rings. The maximum atomic E-state index is 11.9. The Bertz CT molecular complexity index is 421. The fourth-order valence-electron chi connectivity index (χ4n) is 1.41. The van der Waals surface area contributed by atoms with E-state index in [9.17, 15) is 9.59 Å². The Morgan fingerprint density at radius 1 is 1.22 bits per heavy atom. The zero-order valence-electron chi connectivity index (χ0n) is 10.7. The lowest BCUT2D eigenvalue weighted by Crippen LogP contribution is -2.37. The van der Waals surface area contributed by atoms with Gasteiger partial charge in [0.25, 0.3) is 5.91 Å². The normalized spacial score (nSPS) is 9.89. The van der Waals surface area contributed by atoms with Crippen molar-refractivity contribution in [2.24, 2.45) is 0 Å². The Morgan fingerprint density at radius 3 is 2.61 bits per heavy atom. The molecule has 0 aliphatic carbocycles. The van der Waals surface area contributed by atoms with Crippen LogP contribution in [0.5, 0.6) is 0 Å². The monoisotopic (exact) mass is 266 g/mol. The van der Waals surface area contributed by atoms with E-state index in [-0.39, 0.29) is 18.4 Å². The van der Waals surface area contributed by atoms with E-state index < -0.39 is 0 Å². The first-order chi connectivity index (χ1) is 8.69. The molecule has 2 N–H and O–H groups in total. The summed E-state index contributed by atoms with van der Waals surface area (Å²) in [5.74, 6) is -0.376. The number of carbonyl (C=O) groups excluding carboxylic acids is 2. The zero-order valence-corrected chi connectivity index (χ0v) is 11.5. The summed E-state index contributed by atoms with van der Waals surface area (Å²) >= 11 is 1.51. The number of nitrogens with one attached hydrogen (secondary N) is 2. The summed E-state index contributed by atoms with van der Waals surface area (Å²) in [5, 5.41) is 5.33. The van der Waals surface area contributed by atoms with E-state index in [2.05, 4.69) is 10.6 Å². The highest BCUT2D eigenvalue weighted by Crippen LogP contribution is 2.19. The summed E-state index contributed by atoms with van der Waals surface area (Å²) < 4.78 is 0. The minimum Gasteiger partial charge on any atom is -0.355 e. The fraction of sp³-hybridized carbons (Fsp3) is 0.385. The van der Waals surface area contributed by atoms with Crippen molar-refractivity contribution >= 4 is 23.6 Å². The van der Waals surface area contributed by atoms with Crippen LogP contribution in [-0.4, -0.2) is 31.2 Å². The van der Waals surface area contributed by atoms with Gasteiger partial charge in [-0.2, -0.15) is 0 Å². The molecule has 0 saturated carbocycles. The van der Waals surface area contributed by atoms with Gasteiger partial charge >= 0.3 is 0 Å². The van der Waals surface area contributed by atoms with Gasteiger partial charge in [0.15, 0.2) is 0 Å². The Balaban J connectivity index is 2.52. The van der Waals surface area contributed by atoms with Crippen molar-refractivity contribution < 1.29 is 9.59 Å². The molecule has 0 spiro atoms. The molecule has 18 heavy (non-hydrogen) atoms. The lowest BCUT2D eigenvalue weighted by Gasteiger charge is -2.08. The third-order valence-electron chi connectivity index (χ3n) is 2.33. The Kier molecular flexibility index (Phi) is 6.28. The number of hydrogen-bond acceptors (Lipinski definition) is 3. The van der Waals surface area contributed by atoms with Crippen molar-refractivity contribution in [3.05, 3.63) is 29.8 Å². The van der Waals surface area contributed by atoms with Crippen molar-refractivity contribution in [2.45, 2.75) is 18.2 Å². The summed E-state index contributed by atoms with van der Waals surface area (Å²) in [5.41, 5.74) is 0.605. The van der Waals surface area contributed by atoms with Crippen molar-refractivity contribution in [3.8, 4) is 0 Å². The van der Waals surface area contributed by atoms with Gasteiger partial charge in [0.05, 0.1) is 12.1 Å². The molecule has 0 bridgehead atoms. The van der Waals surface area contributed by atoms with Crippen LogP contribution in [0.1, 0.15) is 23.7 Å². The molecule has 0 fully saturated rings. The molecular formula is C13H18N2O2S. The van der Waals surface area contributed by atoms with Crippen LogP contribution < -0.4 is 10.6 Å². The fourth-order valence-corrected chi connectivity index (χ4v) is 2.01. The van der Waals surface area contributed by atoms with Crippen LogP contribution in [0.4, 0.5) is 0 Å². The topological polar surface area (TPSA) is 58.2 Å². The van der Waals surface area contributed by atoms with Gasteiger partial charge in [-0.25, -0.2) is 0 Å². The lowest BCUT2D eigenvalue weighted by atomic mass is 10.2. The van der Waals surface area contributed by atoms with Crippen molar-refractivity contribution in [1.82, 2.24) is 10.6 Å². The quantitative estimate of drug-likeness (QED) is 0.770. The molecule has 0 aromatic heterocycles. The van der Waals surface area contributed by atoms with E-state index in [0.29, 0.717) is 12.1 Å². The second-order valence-corrected chi connectivity index (χ2v) is 4.58. The highest BCUT2D eigenvalue weighted by molar-refractivity contribution is 7.98. The van der Waals surface area contributed by atoms with Crippen LogP contribution in [0.15, 0.2) is 29.2 Å². The summed E-state index contributed by atoms with van der Waals surface area (Å²) in [6, 6.07) is 7.34. The van der Waals surface area contributed by atoms with Crippen LogP contribution in [0.2, 0.25) is 0 Å². The van der Waals surface area contributed by atoms with E-state index in [1.54, 1.807) is 6.07 Å². The second kappa shape index (κ2) is 7.76. The molecule has 5 heteroatoms.